The number of nitrogens with zero attached hydrogens (tertiary/aromatic N) is 1. The van der Waals surface area contributed by atoms with E-state index in [1.54, 1.807) is 60.7 Å². The zero-order valence-corrected chi connectivity index (χ0v) is 18.8. The maximum atomic E-state index is 13.8. The molecule has 0 radical (unpaired) electrons. The minimum atomic E-state index is -1.49. The molecule has 0 unspecified atom stereocenters. The third-order valence-corrected chi connectivity index (χ3v) is 6.86. The highest BCUT2D eigenvalue weighted by Gasteiger charge is 2.62. The normalized spacial score (nSPS) is 21.8. The molecule has 2 heterocycles. The number of aryl methyl sites for hydroxylation is 1. The molecule has 33 heavy (non-hydrogen) atoms. The molecule has 3 aromatic rings. The molecule has 3 aromatic carbocycles. The number of anilines is 1. The van der Waals surface area contributed by atoms with Gasteiger partial charge in [0.25, 0.3) is 0 Å². The Morgan fingerprint density at radius 2 is 1.79 bits per heavy atom. The summed E-state index contributed by atoms with van der Waals surface area (Å²) in [6.07, 6.45) is -0.148. The van der Waals surface area contributed by atoms with E-state index < -0.39 is 29.1 Å². The SMILES string of the molecule is COc1ccc2c(c1)[C@@](c1ccccc1)([C@@H]1CC(=O)N(c3ccc(C)c(Cl)c3)C1=O)C(=O)O2. The van der Waals surface area contributed by atoms with Gasteiger partial charge in [-0.15, -0.1) is 0 Å². The van der Waals surface area contributed by atoms with Gasteiger partial charge in [-0.2, -0.15) is 0 Å². The van der Waals surface area contributed by atoms with E-state index in [-0.39, 0.29) is 6.42 Å². The summed E-state index contributed by atoms with van der Waals surface area (Å²) < 4.78 is 11.0. The summed E-state index contributed by atoms with van der Waals surface area (Å²) in [5.41, 5.74) is 0.812. The number of hydrogen-bond donors (Lipinski definition) is 0. The predicted octanol–water partition coefficient (Wildman–Crippen LogP) is 4.44. The Hall–Kier alpha value is -3.64. The number of carbonyl (C=O) groups excluding carboxylic acids is 3. The first-order valence-corrected chi connectivity index (χ1v) is 10.8. The van der Waals surface area contributed by atoms with Gasteiger partial charge in [-0.3, -0.25) is 19.3 Å². The molecule has 0 bridgehead atoms. The molecule has 2 amide bonds. The van der Waals surface area contributed by atoms with Crippen LogP contribution in [-0.2, 0) is 19.8 Å². The van der Waals surface area contributed by atoms with Crippen LogP contribution < -0.4 is 14.4 Å². The molecule has 0 aliphatic carbocycles. The zero-order valence-electron chi connectivity index (χ0n) is 18.0. The number of carbonyl (C=O) groups is 3. The summed E-state index contributed by atoms with van der Waals surface area (Å²) in [7, 11) is 1.52. The molecule has 7 heteroatoms. The second kappa shape index (κ2) is 7.74. The maximum absolute atomic E-state index is 13.8. The second-order valence-electron chi connectivity index (χ2n) is 8.18. The number of benzene rings is 3. The van der Waals surface area contributed by atoms with Crippen molar-refractivity contribution in [1.29, 1.82) is 0 Å². The number of hydrogen-bond acceptors (Lipinski definition) is 5. The molecule has 5 rings (SSSR count). The van der Waals surface area contributed by atoms with Gasteiger partial charge in [-0.25, -0.2) is 0 Å². The first-order chi connectivity index (χ1) is 15.9. The van der Waals surface area contributed by atoms with Gasteiger partial charge in [0, 0.05) is 17.0 Å². The Bertz CT molecular complexity index is 1310. The Labute approximate surface area is 195 Å². The van der Waals surface area contributed by atoms with Crippen LogP contribution in [0.15, 0.2) is 66.7 Å². The minimum Gasteiger partial charge on any atom is -0.497 e. The predicted molar refractivity (Wildman–Crippen MR) is 123 cm³/mol. The lowest BCUT2D eigenvalue weighted by atomic mass is 9.65. The topological polar surface area (TPSA) is 72.9 Å². The largest absolute Gasteiger partial charge is 0.497 e. The van der Waals surface area contributed by atoms with Gasteiger partial charge in [0.2, 0.25) is 11.8 Å². The fraction of sp³-hybridized carbons (Fsp3) is 0.192. The number of ether oxygens (including phenoxy) is 2. The van der Waals surface area contributed by atoms with Crippen LogP contribution in [0.3, 0.4) is 0 Å². The Kier molecular flexibility index (Phi) is 4.98. The average molecular weight is 462 g/mol. The van der Waals surface area contributed by atoms with Crippen molar-refractivity contribution in [1.82, 2.24) is 0 Å². The fourth-order valence-electron chi connectivity index (χ4n) is 4.79. The van der Waals surface area contributed by atoms with Crippen molar-refractivity contribution in [2.24, 2.45) is 5.92 Å². The summed E-state index contributed by atoms with van der Waals surface area (Å²) in [4.78, 5) is 41.6. The minimum absolute atomic E-state index is 0.148. The van der Waals surface area contributed by atoms with E-state index in [0.29, 0.717) is 33.3 Å². The Morgan fingerprint density at radius 3 is 2.48 bits per heavy atom. The first-order valence-electron chi connectivity index (χ1n) is 10.5. The highest BCUT2D eigenvalue weighted by atomic mass is 35.5. The lowest BCUT2D eigenvalue weighted by molar-refractivity contribution is -0.141. The molecule has 0 N–H and O–H groups in total. The van der Waals surface area contributed by atoms with Crippen molar-refractivity contribution < 1.29 is 23.9 Å². The van der Waals surface area contributed by atoms with E-state index in [0.717, 1.165) is 10.5 Å². The number of rotatable bonds is 4. The van der Waals surface area contributed by atoms with Crippen molar-refractivity contribution in [2.75, 3.05) is 12.0 Å². The Balaban J connectivity index is 1.71. The summed E-state index contributed by atoms with van der Waals surface area (Å²) in [6, 6.07) is 19.0. The highest BCUT2D eigenvalue weighted by molar-refractivity contribution is 6.32. The molecular formula is C26H20ClNO5. The van der Waals surface area contributed by atoms with Crippen molar-refractivity contribution in [3.05, 3.63) is 88.4 Å². The van der Waals surface area contributed by atoms with Crippen LogP contribution in [-0.4, -0.2) is 24.9 Å². The third-order valence-electron chi connectivity index (χ3n) is 6.45. The second-order valence-corrected chi connectivity index (χ2v) is 8.59. The summed E-state index contributed by atoms with van der Waals surface area (Å²) in [5, 5.41) is 0.449. The molecule has 2 atom stereocenters. The summed E-state index contributed by atoms with van der Waals surface area (Å²) in [6.45, 7) is 1.84. The van der Waals surface area contributed by atoms with E-state index in [1.165, 1.54) is 7.11 Å². The van der Waals surface area contributed by atoms with Gasteiger partial charge in [0.15, 0.2) is 0 Å². The van der Waals surface area contributed by atoms with Crippen molar-refractivity contribution >= 4 is 35.1 Å². The number of halogens is 1. The van der Waals surface area contributed by atoms with E-state index in [9.17, 15) is 14.4 Å². The average Bonchev–Trinajstić information content (AvgIpc) is 3.28. The molecular weight excluding hydrogens is 442 g/mol. The van der Waals surface area contributed by atoms with Gasteiger partial charge >= 0.3 is 5.97 Å². The first kappa shape index (κ1) is 21.2. The van der Waals surface area contributed by atoms with Crippen molar-refractivity contribution in [2.45, 2.75) is 18.8 Å². The van der Waals surface area contributed by atoms with E-state index in [4.69, 9.17) is 21.1 Å². The molecule has 1 fully saturated rings. The maximum Gasteiger partial charge on any atom is 0.327 e. The Morgan fingerprint density at radius 1 is 1.03 bits per heavy atom. The quantitative estimate of drug-likeness (QED) is 0.326. The molecule has 2 aliphatic rings. The van der Waals surface area contributed by atoms with Crippen LogP contribution in [0.4, 0.5) is 5.69 Å². The van der Waals surface area contributed by atoms with E-state index >= 15 is 0 Å². The van der Waals surface area contributed by atoms with Gasteiger partial charge in [-0.1, -0.05) is 48.0 Å². The third kappa shape index (κ3) is 3.05. The standard InChI is InChI=1S/C26H20ClNO5/c1-15-8-9-17(12-21(15)27)28-23(29)14-20(24(28)30)26(16-6-4-3-5-7-16)19-13-18(32-2)10-11-22(19)33-25(26)31/h3-13,20H,14H2,1-2H3/t20-,26+/m1/s1. The van der Waals surface area contributed by atoms with Crippen LogP contribution in [0.25, 0.3) is 0 Å². The smallest absolute Gasteiger partial charge is 0.327 e. The monoisotopic (exact) mass is 461 g/mol. The van der Waals surface area contributed by atoms with Gasteiger partial charge in [0.05, 0.1) is 18.7 Å². The summed E-state index contributed by atoms with van der Waals surface area (Å²) in [5.74, 6) is -1.59. The molecule has 0 saturated carbocycles. The van der Waals surface area contributed by atoms with Crippen LogP contribution in [0, 0.1) is 12.8 Å². The zero-order chi connectivity index (χ0) is 23.3. The molecule has 0 spiro atoms. The van der Waals surface area contributed by atoms with Crippen molar-refractivity contribution in [3.63, 3.8) is 0 Å². The van der Waals surface area contributed by atoms with E-state index in [1.807, 2.05) is 13.0 Å². The molecule has 0 aromatic heterocycles. The van der Waals surface area contributed by atoms with Crippen LogP contribution in [0.1, 0.15) is 23.1 Å². The lowest BCUT2D eigenvalue weighted by Crippen LogP contribution is -2.46. The lowest BCUT2D eigenvalue weighted by Gasteiger charge is -2.31. The number of amides is 2. The summed E-state index contributed by atoms with van der Waals surface area (Å²) >= 11 is 6.26. The van der Waals surface area contributed by atoms with Crippen LogP contribution >= 0.6 is 11.6 Å². The number of imide groups is 1. The highest BCUT2D eigenvalue weighted by Crippen LogP contribution is 2.53. The number of methoxy groups -OCH3 is 1. The van der Waals surface area contributed by atoms with Crippen molar-refractivity contribution in [3.8, 4) is 11.5 Å². The van der Waals surface area contributed by atoms with Gasteiger partial charge < -0.3 is 9.47 Å². The number of esters is 1. The van der Waals surface area contributed by atoms with E-state index in [2.05, 4.69) is 0 Å². The van der Waals surface area contributed by atoms with Gasteiger partial charge in [-0.05, 0) is 48.4 Å². The molecule has 1 saturated heterocycles. The van der Waals surface area contributed by atoms with Gasteiger partial charge in [0.1, 0.15) is 16.9 Å². The molecule has 166 valence electrons. The number of fused-ring (bicyclic) bond motifs is 1. The van der Waals surface area contributed by atoms with Crippen LogP contribution in [0.5, 0.6) is 11.5 Å². The fourth-order valence-corrected chi connectivity index (χ4v) is 4.97. The molecule has 6 nitrogen and oxygen atoms in total. The molecule has 2 aliphatic heterocycles. The van der Waals surface area contributed by atoms with Crippen LogP contribution in [0.2, 0.25) is 5.02 Å².